The van der Waals surface area contributed by atoms with Crippen LogP contribution in [0.25, 0.3) is 22.8 Å². The van der Waals surface area contributed by atoms with Crippen molar-refractivity contribution in [2.45, 2.75) is 20.3 Å². The molecule has 2 aromatic rings. The Labute approximate surface area is 179 Å². The van der Waals surface area contributed by atoms with Gasteiger partial charge in [0.25, 0.3) is 0 Å². The molecule has 2 aliphatic carbocycles. The Morgan fingerprint density at radius 3 is 1.39 bits per heavy atom. The van der Waals surface area contributed by atoms with Crippen LogP contribution in [-0.2, 0) is 20.4 Å². The van der Waals surface area contributed by atoms with Crippen LogP contribution >= 0.6 is 0 Å². The van der Waals surface area contributed by atoms with Crippen molar-refractivity contribution in [2.75, 3.05) is 28.2 Å². The number of hydrogen-bond donors (Lipinski definition) is 0. The van der Waals surface area contributed by atoms with Crippen LogP contribution in [0.5, 0.6) is 0 Å². The molecule has 28 heavy (non-hydrogen) atoms. The summed E-state index contributed by atoms with van der Waals surface area (Å²) in [4.78, 5) is 0. The van der Waals surface area contributed by atoms with E-state index in [1.165, 1.54) is 11.1 Å². The molecule has 4 heteroatoms. The van der Waals surface area contributed by atoms with Gasteiger partial charge in [-0.25, -0.2) is 0 Å². The molecule has 4 rings (SSSR count). The van der Waals surface area contributed by atoms with Gasteiger partial charge in [-0.3, -0.25) is 0 Å². The number of fused-ring (bicyclic) bond motifs is 2. The summed E-state index contributed by atoms with van der Waals surface area (Å²) >= 11 is -1.65. The van der Waals surface area contributed by atoms with Crippen LogP contribution in [0.15, 0.2) is 60.7 Å². The molecule has 0 bridgehead atoms. The number of hydrogen-bond acceptors (Lipinski definition) is 0. The summed E-state index contributed by atoms with van der Waals surface area (Å²) in [7, 11) is 7.00. The van der Waals surface area contributed by atoms with Crippen molar-refractivity contribution in [1.82, 2.24) is 0 Å². The second kappa shape index (κ2) is 11.8. The Morgan fingerprint density at radius 2 is 1.04 bits per heavy atom. The molecule has 0 spiro atoms. The maximum absolute atomic E-state index is 3.50. The van der Waals surface area contributed by atoms with Crippen LogP contribution < -0.4 is 0 Å². The van der Waals surface area contributed by atoms with Crippen molar-refractivity contribution >= 4 is 17.6 Å². The first kappa shape index (κ1) is 23.2. The summed E-state index contributed by atoms with van der Waals surface area (Å²) in [5.74, 6) is 0. The van der Waals surface area contributed by atoms with E-state index >= 15 is 0 Å². The summed E-state index contributed by atoms with van der Waals surface area (Å²) in [6, 6.07) is 18.1. The molecule has 0 fully saturated rings. The predicted molar refractivity (Wildman–Crippen MR) is 124 cm³/mol. The van der Waals surface area contributed by atoms with E-state index in [0.29, 0.717) is 0 Å². The van der Waals surface area contributed by atoms with Gasteiger partial charge in [-0.15, -0.1) is 0 Å². The van der Waals surface area contributed by atoms with Crippen molar-refractivity contribution < 1.29 is 20.4 Å². The fourth-order valence-corrected chi connectivity index (χ4v) is 22.6. The van der Waals surface area contributed by atoms with Crippen LogP contribution in [0.2, 0.25) is 13.1 Å². The van der Waals surface area contributed by atoms with E-state index in [-0.39, 0.29) is 5.43 Å². The van der Waals surface area contributed by atoms with Gasteiger partial charge >= 0.3 is 141 Å². The van der Waals surface area contributed by atoms with Gasteiger partial charge in [-0.1, -0.05) is 0 Å². The van der Waals surface area contributed by atoms with Gasteiger partial charge < -0.3 is 10.6 Å². The van der Waals surface area contributed by atoms with Gasteiger partial charge in [-0.2, -0.15) is 28.2 Å². The summed E-state index contributed by atoms with van der Waals surface area (Å²) < 4.78 is 1.53. The van der Waals surface area contributed by atoms with Crippen molar-refractivity contribution in [3.63, 3.8) is 0 Å². The molecule has 2 aromatic carbocycles. The van der Waals surface area contributed by atoms with Crippen molar-refractivity contribution in [3.05, 3.63) is 93.6 Å². The van der Waals surface area contributed by atoms with Crippen LogP contribution in [0.1, 0.15) is 29.5 Å². The van der Waals surface area contributed by atoms with Gasteiger partial charge in [0.15, 0.2) is 0 Å². The Morgan fingerprint density at radius 1 is 0.679 bits per heavy atom. The molecule has 0 saturated carbocycles. The third-order valence-corrected chi connectivity index (χ3v) is 24.0. The number of nitrogens with zero attached hydrogens (tertiary/aromatic N) is 2. The quantitative estimate of drug-likeness (QED) is 0.443. The molecule has 2 aliphatic rings. The Balaban J connectivity index is 0.000000418. The van der Waals surface area contributed by atoms with Gasteiger partial charge in [0.2, 0.25) is 0 Å². The zero-order valence-electron chi connectivity index (χ0n) is 18.0. The van der Waals surface area contributed by atoms with Crippen molar-refractivity contribution in [1.29, 1.82) is 0 Å². The molecule has 0 heterocycles. The van der Waals surface area contributed by atoms with Crippen molar-refractivity contribution in [3.8, 4) is 0 Å². The van der Waals surface area contributed by atoms with E-state index in [4.69, 9.17) is 0 Å². The molecule has 0 aliphatic heterocycles. The normalized spacial score (nSPS) is 17.3. The third-order valence-electron chi connectivity index (χ3n) is 4.85. The minimum atomic E-state index is -1.65. The average Bonchev–Trinajstić information content (AvgIpc) is 3.29. The van der Waals surface area contributed by atoms with Gasteiger partial charge in [-0.05, 0) is 0 Å². The predicted octanol–water partition coefficient (Wildman–Crippen LogP) is 6.63. The molecule has 2 nitrogen and oxygen atoms in total. The van der Waals surface area contributed by atoms with E-state index in [1.807, 2.05) is 0 Å². The first-order chi connectivity index (χ1) is 13.6. The molecular weight excluding hydrogens is 436 g/mol. The van der Waals surface area contributed by atoms with Crippen LogP contribution in [0, 0.1) is 0 Å². The second-order valence-electron chi connectivity index (χ2n) is 7.28. The Hall–Kier alpha value is -1.06. The summed E-state index contributed by atoms with van der Waals surface area (Å²) in [6.45, 7) is 5.12. The monoisotopic (exact) mass is 466 g/mol. The van der Waals surface area contributed by atoms with Gasteiger partial charge in [0.05, 0.1) is 0 Å². The summed E-state index contributed by atoms with van der Waals surface area (Å²) in [6.07, 6.45) is 9.81. The van der Waals surface area contributed by atoms with E-state index in [0.717, 1.165) is 7.25 Å². The third kappa shape index (κ3) is 5.51. The second-order valence-corrected chi connectivity index (χ2v) is 25.4. The van der Waals surface area contributed by atoms with Gasteiger partial charge in [0, 0.05) is 0 Å². The standard InChI is InChI=1S/2C9H7.2C2H6N.C2H6Si.Zr/c2*1-2-5-9-7-3-6-8(9)4-1;3*1-3-2;/h2*1-7H;3*1-2H3;/q;;2*-1;;+2. The van der Waals surface area contributed by atoms with E-state index in [9.17, 15) is 0 Å². The zero-order chi connectivity index (χ0) is 20.5. The van der Waals surface area contributed by atoms with E-state index < -0.39 is 20.4 Å². The topological polar surface area (TPSA) is 28.2 Å². The molecule has 0 aromatic heterocycles. The Bertz CT molecular complexity index is 801. The average molecular weight is 468 g/mol. The molecule has 0 N–H and O–H groups in total. The van der Waals surface area contributed by atoms with E-state index in [2.05, 4.69) is 96.6 Å². The molecule has 146 valence electrons. The van der Waals surface area contributed by atoms with Crippen molar-refractivity contribution in [2.24, 2.45) is 0 Å². The molecule has 0 saturated heterocycles. The molecule has 0 amide bonds. The van der Waals surface area contributed by atoms with Crippen LogP contribution in [0.3, 0.4) is 0 Å². The van der Waals surface area contributed by atoms with Crippen LogP contribution in [-0.4, -0.2) is 33.6 Å². The fraction of sp³-hybridized carbons (Fsp3) is 0.333. The SMILES string of the molecule is C[N-]C.C[N-]C.C[Si](C)=[Zr+2]([CH]1C=Cc2ccccc21)[CH]1C=Cc2ccccc21. The van der Waals surface area contributed by atoms with E-state index in [1.54, 1.807) is 39.3 Å². The fourth-order valence-electron chi connectivity index (χ4n) is 3.86. The number of allylic oxidation sites excluding steroid dienone is 2. The minimum absolute atomic E-state index is 0.228. The molecule has 2 atom stereocenters. The summed E-state index contributed by atoms with van der Waals surface area (Å²) in [5, 5.41) is 7.00. The first-order valence-corrected chi connectivity index (χ1v) is 18.8. The maximum atomic E-state index is 3.50. The first-order valence-electron chi connectivity index (χ1n) is 9.76. The summed E-state index contributed by atoms with van der Waals surface area (Å²) in [5.41, 5.74) is 5.92. The van der Waals surface area contributed by atoms with Crippen LogP contribution in [0.4, 0.5) is 0 Å². The molecule has 0 radical (unpaired) electrons. The Kier molecular flexibility index (Phi) is 9.81. The zero-order valence-corrected chi connectivity index (χ0v) is 21.4. The number of benzene rings is 2. The molecule has 2 unspecified atom stereocenters. The van der Waals surface area contributed by atoms with Gasteiger partial charge in [0.1, 0.15) is 0 Å². The number of rotatable bonds is 2. The molecular formula is C24H32N2SiZr.